The first-order valence-electron chi connectivity index (χ1n) is 7.06. The highest BCUT2D eigenvalue weighted by molar-refractivity contribution is 5.43. The van der Waals surface area contributed by atoms with Crippen molar-refractivity contribution in [3.05, 3.63) is 0 Å². The van der Waals surface area contributed by atoms with Crippen molar-refractivity contribution in [2.45, 2.75) is 31.3 Å². The number of nitrogens with one attached hydrogen (secondary N) is 2. The van der Waals surface area contributed by atoms with Gasteiger partial charge >= 0.3 is 0 Å². The summed E-state index contributed by atoms with van der Waals surface area (Å²) < 4.78 is 0. The molecule has 1 unspecified atom stereocenters. The molecule has 4 N–H and O–H groups in total. The summed E-state index contributed by atoms with van der Waals surface area (Å²) in [7, 11) is 3.79. The maximum absolute atomic E-state index is 5.41. The lowest BCUT2D eigenvalue weighted by Gasteiger charge is -2.17. The standard InChI is InChI=1S/C12H22N8/c1-19(2)12-16-10(15-11(17-12)18-13)14-8-5-6-20(7-8)9-3-4-9/h8-9H,3-7,13H2,1-2H3,(H2,14,15,16,17,18). The van der Waals surface area contributed by atoms with Crippen LogP contribution in [0.25, 0.3) is 0 Å². The highest BCUT2D eigenvalue weighted by Crippen LogP contribution is 2.30. The first-order chi connectivity index (χ1) is 9.65. The molecular formula is C12H22N8. The van der Waals surface area contributed by atoms with Crippen LogP contribution in [0, 0.1) is 0 Å². The fraction of sp³-hybridized carbons (Fsp3) is 0.750. The van der Waals surface area contributed by atoms with Crippen LogP contribution in [0.4, 0.5) is 17.8 Å². The number of hydrogen-bond acceptors (Lipinski definition) is 8. The summed E-state index contributed by atoms with van der Waals surface area (Å²) in [6.45, 7) is 2.23. The predicted molar refractivity (Wildman–Crippen MR) is 78.6 cm³/mol. The second-order valence-corrected chi connectivity index (χ2v) is 5.68. The van der Waals surface area contributed by atoms with Gasteiger partial charge in [0.15, 0.2) is 0 Å². The Hall–Kier alpha value is -1.67. The third kappa shape index (κ3) is 2.91. The maximum atomic E-state index is 5.41. The Morgan fingerprint density at radius 3 is 2.55 bits per heavy atom. The third-order valence-electron chi connectivity index (χ3n) is 3.77. The molecular weight excluding hydrogens is 256 g/mol. The van der Waals surface area contributed by atoms with Gasteiger partial charge in [0.1, 0.15) is 0 Å². The van der Waals surface area contributed by atoms with Gasteiger partial charge in [-0.15, -0.1) is 0 Å². The number of anilines is 3. The molecule has 3 rings (SSSR count). The van der Waals surface area contributed by atoms with E-state index in [1.807, 2.05) is 19.0 Å². The highest BCUT2D eigenvalue weighted by atomic mass is 15.4. The number of nitrogen functional groups attached to an aromatic ring is 1. The summed E-state index contributed by atoms with van der Waals surface area (Å²) in [5, 5.41) is 3.40. The Morgan fingerprint density at radius 2 is 1.90 bits per heavy atom. The van der Waals surface area contributed by atoms with Gasteiger partial charge in [0, 0.05) is 39.3 Å². The molecule has 2 heterocycles. The smallest absolute Gasteiger partial charge is 0.243 e. The molecule has 2 fully saturated rings. The fourth-order valence-corrected chi connectivity index (χ4v) is 2.55. The zero-order chi connectivity index (χ0) is 14.1. The molecule has 110 valence electrons. The molecule has 20 heavy (non-hydrogen) atoms. The molecule has 1 saturated heterocycles. The average Bonchev–Trinajstić information content (AvgIpc) is 3.19. The molecule has 8 nitrogen and oxygen atoms in total. The van der Waals surface area contributed by atoms with Crippen molar-refractivity contribution in [3.63, 3.8) is 0 Å². The Morgan fingerprint density at radius 1 is 1.15 bits per heavy atom. The van der Waals surface area contributed by atoms with E-state index in [4.69, 9.17) is 5.84 Å². The number of hydrogen-bond donors (Lipinski definition) is 3. The second kappa shape index (κ2) is 5.37. The first-order valence-corrected chi connectivity index (χ1v) is 7.06. The van der Waals surface area contributed by atoms with E-state index in [2.05, 4.69) is 30.6 Å². The lowest BCUT2D eigenvalue weighted by atomic mass is 10.3. The normalized spacial score (nSPS) is 22.9. The quantitative estimate of drug-likeness (QED) is 0.506. The van der Waals surface area contributed by atoms with Crippen molar-refractivity contribution in [1.82, 2.24) is 19.9 Å². The van der Waals surface area contributed by atoms with Gasteiger partial charge in [-0.3, -0.25) is 10.3 Å². The van der Waals surface area contributed by atoms with Gasteiger partial charge in [-0.25, -0.2) is 5.84 Å². The molecule has 8 heteroatoms. The molecule has 0 radical (unpaired) electrons. The largest absolute Gasteiger partial charge is 0.350 e. The summed E-state index contributed by atoms with van der Waals surface area (Å²) in [5.41, 5.74) is 2.49. The number of rotatable bonds is 5. The van der Waals surface area contributed by atoms with E-state index >= 15 is 0 Å². The van der Waals surface area contributed by atoms with Crippen LogP contribution in [-0.2, 0) is 0 Å². The summed E-state index contributed by atoms with van der Waals surface area (Å²) in [6, 6.07) is 1.22. The van der Waals surface area contributed by atoms with E-state index in [1.54, 1.807) is 0 Å². The van der Waals surface area contributed by atoms with Crippen LogP contribution < -0.4 is 21.5 Å². The predicted octanol–water partition coefficient (Wildman–Crippen LogP) is -0.128. The van der Waals surface area contributed by atoms with Crippen LogP contribution in [0.1, 0.15) is 19.3 Å². The molecule has 1 saturated carbocycles. The molecule has 0 aromatic carbocycles. The molecule has 0 spiro atoms. The highest BCUT2D eigenvalue weighted by Gasteiger charge is 2.34. The van der Waals surface area contributed by atoms with E-state index in [-0.39, 0.29) is 0 Å². The van der Waals surface area contributed by atoms with Crippen LogP contribution in [0.15, 0.2) is 0 Å². The number of aromatic nitrogens is 3. The molecule has 0 bridgehead atoms. The van der Waals surface area contributed by atoms with E-state index < -0.39 is 0 Å². The van der Waals surface area contributed by atoms with Crippen molar-refractivity contribution >= 4 is 17.8 Å². The van der Waals surface area contributed by atoms with Crippen LogP contribution >= 0.6 is 0 Å². The molecule has 1 aliphatic carbocycles. The SMILES string of the molecule is CN(C)c1nc(NN)nc(NC2CCN(C3CC3)C2)n1. The summed E-state index contributed by atoms with van der Waals surface area (Å²) in [5.74, 6) is 6.96. The lowest BCUT2D eigenvalue weighted by molar-refractivity contribution is 0.326. The minimum absolute atomic E-state index is 0.378. The maximum Gasteiger partial charge on any atom is 0.243 e. The van der Waals surface area contributed by atoms with Gasteiger partial charge in [-0.2, -0.15) is 15.0 Å². The summed E-state index contributed by atoms with van der Waals surface area (Å²) in [6.07, 6.45) is 3.83. The zero-order valence-electron chi connectivity index (χ0n) is 12.0. The monoisotopic (exact) mass is 278 g/mol. The Kier molecular flexibility index (Phi) is 3.58. The van der Waals surface area contributed by atoms with Crippen molar-refractivity contribution in [1.29, 1.82) is 0 Å². The van der Waals surface area contributed by atoms with E-state index in [9.17, 15) is 0 Å². The Balaban J connectivity index is 1.68. The minimum Gasteiger partial charge on any atom is -0.350 e. The van der Waals surface area contributed by atoms with Gasteiger partial charge in [0.2, 0.25) is 17.8 Å². The molecule has 1 aromatic heterocycles. The minimum atomic E-state index is 0.378. The van der Waals surface area contributed by atoms with Crippen LogP contribution in [0.2, 0.25) is 0 Å². The third-order valence-corrected chi connectivity index (χ3v) is 3.77. The topological polar surface area (TPSA) is 95.2 Å². The molecule has 0 amide bonds. The molecule has 1 aliphatic heterocycles. The van der Waals surface area contributed by atoms with Gasteiger partial charge in [-0.1, -0.05) is 0 Å². The van der Waals surface area contributed by atoms with Crippen LogP contribution in [-0.4, -0.2) is 59.1 Å². The Labute approximate surface area is 118 Å². The summed E-state index contributed by atoms with van der Waals surface area (Å²) >= 11 is 0. The van der Waals surface area contributed by atoms with Crippen LogP contribution in [0.3, 0.4) is 0 Å². The second-order valence-electron chi connectivity index (χ2n) is 5.68. The first kappa shape index (κ1) is 13.3. The van der Waals surface area contributed by atoms with Crippen molar-refractivity contribution < 1.29 is 0 Å². The van der Waals surface area contributed by atoms with Crippen molar-refractivity contribution in [2.24, 2.45) is 5.84 Å². The molecule has 2 aliphatic rings. The van der Waals surface area contributed by atoms with Gasteiger partial charge < -0.3 is 10.2 Å². The van der Waals surface area contributed by atoms with Crippen molar-refractivity contribution in [3.8, 4) is 0 Å². The van der Waals surface area contributed by atoms with Crippen LogP contribution in [0.5, 0.6) is 0 Å². The molecule has 1 aromatic rings. The zero-order valence-corrected chi connectivity index (χ0v) is 12.0. The van der Waals surface area contributed by atoms with E-state index in [1.165, 1.54) is 12.8 Å². The average molecular weight is 278 g/mol. The lowest BCUT2D eigenvalue weighted by Crippen LogP contribution is -2.29. The number of likely N-dealkylation sites (tertiary alicyclic amines) is 1. The Bertz CT molecular complexity index is 473. The van der Waals surface area contributed by atoms with E-state index in [0.29, 0.717) is 23.9 Å². The number of hydrazine groups is 1. The molecule has 1 atom stereocenters. The van der Waals surface area contributed by atoms with Gasteiger partial charge in [0.25, 0.3) is 0 Å². The number of nitrogens with two attached hydrogens (primary N) is 1. The summed E-state index contributed by atoms with van der Waals surface area (Å²) in [4.78, 5) is 17.3. The van der Waals surface area contributed by atoms with E-state index in [0.717, 1.165) is 25.6 Å². The van der Waals surface area contributed by atoms with Crippen molar-refractivity contribution in [2.75, 3.05) is 42.8 Å². The number of nitrogens with zero attached hydrogens (tertiary/aromatic N) is 5. The van der Waals surface area contributed by atoms with Gasteiger partial charge in [0.05, 0.1) is 0 Å². The van der Waals surface area contributed by atoms with Gasteiger partial charge in [-0.05, 0) is 19.3 Å². The fourth-order valence-electron chi connectivity index (χ4n) is 2.55.